The Morgan fingerprint density at radius 3 is 2.58 bits per heavy atom. The van der Waals surface area contributed by atoms with E-state index in [1.807, 2.05) is 13.0 Å². The van der Waals surface area contributed by atoms with E-state index in [4.69, 9.17) is 23.4 Å². The van der Waals surface area contributed by atoms with Crippen molar-refractivity contribution in [1.29, 1.82) is 0 Å². The van der Waals surface area contributed by atoms with Gasteiger partial charge in [0.05, 0.1) is 18.1 Å². The first kappa shape index (κ1) is 20.8. The fourth-order valence-corrected chi connectivity index (χ4v) is 3.70. The number of hydrogen-bond donors (Lipinski definition) is 0. The molecule has 0 aliphatic carbocycles. The molecule has 0 amide bonds. The Hall–Kier alpha value is -3.48. The standard InChI is InChI=1S/C24H24O7/c1-5-15-10-17-20(12-19(15)31-14(3)24(26)27-4)30-13(2)22(23(17)25)16-6-7-18-21(11-16)29-9-8-28-18/h6-7,10-12,14H,5,8-9H2,1-4H3. The molecule has 31 heavy (non-hydrogen) atoms. The number of rotatable bonds is 5. The minimum Gasteiger partial charge on any atom is -0.486 e. The molecule has 0 saturated heterocycles. The van der Waals surface area contributed by atoms with Gasteiger partial charge in [0.1, 0.15) is 30.3 Å². The van der Waals surface area contributed by atoms with Crippen LogP contribution in [0.15, 0.2) is 39.5 Å². The van der Waals surface area contributed by atoms with Gasteiger partial charge >= 0.3 is 5.97 Å². The third-order valence-corrected chi connectivity index (χ3v) is 5.30. The van der Waals surface area contributed by atoms with Crippen molar-refractivity contribution in [1.82, 2.24) is 0 Å². The summed E-state index contributed by atoms with van der Waals surface area (Å²) in [5.41, 5.74) is 2.23. The van der Waals surface area contributed by atoms with Crippen LogP contribution in [0.2, 0.25) is 0 Å². The Kier molecular flexibility index (Phi) is 5.59. The summed E-state index contributed by atoms with van der Waals surface area (Å²) in [5, 5.41) is 0.449. The predicted molar refractivity (Wildman–Crippen MR) is 115 cm³/mol. The van der Waals surface area contributed by atoms with E-state index in [1.165, 1.54) is 7.11 Å². The zero-order valence-corrected chi connectivity index (χ0v) is 17.9. The SMILES string of the molecule is CCc1cc2c(=O)c(-c3ccc4c(c3)OCCO4)c(C)oc2cc1OC(C)C(=O)OC. The zero-order chi connectivity index (χ0) is 22.1. The fraction of sp³-hybridized carbons (Fsp3) is 0.333. The maximum absolute atomic E-state index is 13.4. The van der Waals surface area contributed by atoms with E-state index in [1.54, 1.807) is 38.1 Å². The summed E-state index contributed by atoms with van der Waals surface area (Å²) in [6.07, 6.45) is -0.163. The van der Waals surface area contributed by atoms with Crippen molar-refractivity contribution in [2.75, 3.05) is 20.3 Å². The smallest absolute Gasteiger partial charge is 0.346 e. The quantitative estimate of drug-likeness (QED) is 0.572. The third kappa shape index (κ3) is 3.83. The van der Waals surface area contributed by atoms with Crippen molar-refractivity contribution in [2.45, 2.75) is 33.3 Å². The Balaban J connectivity index is 1.82. The molecule has 7 heteroatoms. The van der Waals surface area contributed by atoms with Crippen LogP contribution in [0.1, 0.15) is 25.2 Å². The van der Waals surface area contributed by atoms with Gasteiger partial charge in [-0.2, -0.15) is 0 Å². The lowest BCUT2D eigenvalue weighted by molar-refractivity contribution is -0.147. The minimum atomic E-state index is -0.780. The van der Waals surface area contributed by atoms with Gasteiger partial charge in [0.2, 0.25) is 5.43 Å². The average Bonchev–Trinajstić information content (AvgIpc) is 2.78. The lowest BCUT2D eigenvalue weighted by atomic mass is 10.00. The Morgan fingerprint density at radius 2 is 1.87 bits per heavy atom. The molecule has 1 aliphatic heterocycles. The molecule has 0 radical (unpaired) electrons. The summed E-state index contributed by atoms with van der Waals surface area (Å²) in [7, 11) is 1.31. The van der Waals surface area contributed by atoms with Crippen LogP contribution in [-0.4, -0.2) is 32.4 Å². The summed E-state index contributed by atoms with van der Waals surface area (Å²) in [5.74, 6) is 1.76. The molecule has 7 nitrogen and oxygen atoms in total. The van der Waals surface area contributed by atoms with Gasteiger partial charge in [-0.25, -0.2) is 4.79 Å². The summed E-state index contributed by atoms with van der Waals surface area (Å²) >= 11 is 0. The van der Waals surface area contributed by atoms with Gasteiger partial charge < -0.3 is 23.4 Å². The van der Waals surface area contributed by atoms with E-state index in [-0.39, 0.29) is 5.43 Å². The van der Waals surface area contributed by atoms with Crippen molar-refractivity contribution >= 4 is 16.9 Å². The lowest BCUT2D eigenvalue weighted by Crippen LogP contribution is -2.25. The maximum atomic E-state index is 13.4. The number of carbonyl (C=O) groups excluding carboxylic acids is 1. The molecule has 162 valence electrons. The molecule has 2 heterocycles. The fourth-order valence-electron chi connectivity index (χ4n) is 3.70. The van der Waals surface area contributed by atoms with Crippen molar-refractivity contribution in [2.24, 2.45) is 0 Å². The third-order valence-electron chi connectivity index (χ3n) is 5.30. The highest BCUT2D eigenvalue weighted by Gasteiger charge is 2.21. The number of fused-ring (bicyclic) bond motifs is 2. The van der Waals surface area contributed by atoms with E-state index < -0.39 is 12.1 Å². The molecular weight excluding hydrogens is 400 g/mol. The normalized spacial score (nSPS) is 13.7. The van der Waals surface area contributed by atoms with E-state index in [0.29, 0.717) is 64.7 Å². The number of ether oxygens (including phenoxy) is 4. The predicted octanol–water partition coefficient (Wildman–Crippen LogP) is 4.04. The van der Waals surface area contributed by atoms with Crippen LogP contribution in [0.4, 0.5) is 0 Å². The summed E-state index contributed by atoms with van der Waals surface area (Å²) < 4.78 is 27.8. The van der Waals surface area contributed by atoms with Gasteiger partial charge in [0.15, 0.2) is 17.6 Å². The molecule has 1 aromatic heterocycles. The highest BCUT2D eigenvalue weighted by molar-refractivity contribution is 5.85. The first-order valence-electron chi connectivity index (χ1n) is 10.2. The number of methoxy groups -OCH3 is 1. The molecule has 0 bridgehead atoms. The number of aryl methyl sites for hydroxylation is 2. The van der Waals surface area contributed by atoms with Gasteiger partial charge in [0, 0.05) is 6.07 Å². The molecule has 0 N–H and O–H groups in total. The molecule has 1 unspecified atom stereocenters. The molecule has 1 atom stereocenters. The van der Waals surface area contributed by atoms with Gasteiger partial charge in [-0.1, -0.05) is 13.0 Å². The van der Waals surface area contributed by atoms with E-state index >= 15 is 0 Å². The Morgan fingerprint density at radius 1 is 1.13 bits per heavy atom. The second kappa shape index (κ2) is 8.34. The van der Waals surface area contributed by atoms with Crippen molar-refractivity contribution in [3.63, 3.8) is 0 Å². The largest absolute Gasteiger partial charge is 0.486 e. The van der Waals surface area contributed by atoms with Gasteiger partial charge in [-0.3, -0.25) is 4.79 Å². The molecular formula is C24H24O7. The number of carbonyl (C=O) groups is 1. The van der Waals surface area contributed by atoms with Crippen molar-refractivity contribution in [3.8, 4) is 28.4 Å². The van der Waals surface area contributed by atoms with Crippen LogP contribution in [0.5, 0.6) is 17.2 Å². The number of hydrogen-bond acceptors (Lipinski definition) is 7. The van der Waals surface area contributed by atoms with Crippen LogP contribution >= 0.6 is 0 Å². The average molecular weight is 424 g/mol. The molecule has 4 rings (SSSR count). The molecule has 0 saturated carbocycles. The summed E-state index contributed by atoms with van der Waals surface area (Å²) in [6, 6.07) is 8.86. The van der Waals surface area contributed by atoms with Crippen LogP contribution in [0, 0.1) is 6.92 Å². The van der Waals surface area contributed by atoms with Crippen LogP contribution < -0.4 is 19.6 Å². The van der Waals surface area contributed by atoms with Crippen molar-refractivity contribution < 1.29 is 28.2 Å². The Bertz CT molecular complexity index is 1210. The zero-order valence-electron chi connectivity index (χ0n) is 17.9. The number of esters is 1. The molecule has 1 aliphatic rings. The van der Waals surface area contributed by atoms with Crippen LogP contribution in [0.25, 0.3) is 22.1 Å². The maximum Gasteiger partial charge on any atom is 0.346 e. The van der Waals surface area contributed by atoms with E-state index in [9.17, 15) is 9.59 Å². The highest BCUT2D eigenvalue weighted by atomic mass is 16.6. The Labute approximate surface area is 179 Å². The highest BCUT2D eigenvalue weighted by Crippen LogP contribution is 2.36. The number of benzene rings is 2. The second-order valence-electron chi connectivity index (χ2n) is 7.31. The lowest BCUT2D eigenvalue weighted by Gasteiger charge is -2.19. The topological polar surface area (TPSA) is 84.2 Å². The monoisotopic (exact) mass is 424 g/mol. The van der Waals surface area contributed by atoms with E-state index in [0.717, 1.165) is 5.56 Å². The van der Waals surface area contributed by atoms with Crippen LogP contribution in [-0.2, 0) is 16.0 Å². The summed E-state index contributed by atoms with van der Waals surface area (Å²) in [6.45, 7) is 6.28. The van der Waals surface area contributed by atoms with Crippen LogP contribution in [0.3, 0.4) is 0 Å². The van der Waals surface area contributed by atoms with Gasteiger partial charge in [-0.15, -0.1) is 0 Å². The molecule has 0 spiro atoms. The molecule has 2 aromatic carbocycles. The first-order valence-corrected chi connectivity index (χ1v) is 10.2. The first-order chi connectivity index (χ1) is 14.9. The van der Waals surface area contributed by atoms with E-state index in [2.05, 4.69) is 0 Å². The molecule has 3 aromatic rings. The minimum absolute atomic E-state index is 0.141. The summed E-state index contributed by atoms with van der Waals surface area (Å²) in [4.78, 5) is 25.2. The van der Waals surface area contributed by atoms with Gasteiger partial charge in [-0.05, 0) is 49.6 Å². The van der Waals surface area contributed by atoms with Gasteiger partial charge in [0.25, 0.3) is 0 Å². The van der Waals surface area contributed by atoms with Crippen molar-refractivity contribution in [3.05, 3.63) is 51.9 Å². The second-order valence-corrected chi connectivity index (χ2v) is 7.31. The molecule has 0 fully saturated rings.